The smallest absolute Gasteiger partial charge is 0.168 e. The van der Waals surface area contributed by atoms with Gasteiger partial charge < -0.3 is 11.1 Å². The highest BCUT2D eigenvalue weighted by Crippen LogP contribution is 2.26. The number of rotatable bonds is 2. The van der Waals surface area contributed by atoms with Gasteiger partial charge in [-0.1, -0.05) is 0 Å². The predicted molar refractivity (Wildman–Crippen MR) is 44.4 cm³/mol. The molecular weight excluding hydrogens is 154 g/mol. The van der Waals surface area contributed by atoms with Crippen LogP contribution >= 0.6 is 0 Å². The van der Waals surface area contributed by atoms with E-state index in [4.69, 9.17) is 11.0 Å². The van der Waals surface area contributed by atoms with E-state index >= 15 is 0 Å². The summed E-state index contributed by atoms with van der Waals surface area (Å²) in [6, 6.07) is 2.48. The van der Waals surface area contributed by atoms with Crippen LogP contribution < -0.4 is 11.1 Å². The van der Waals surface area contributed by atoms with Gasteiger partial charge >= 0.3 is 0 Å². The van der Waals surface area contributed by atoms with E-state index in [1.807, 2.05) is 6.07 Å². The zero-order valence-electron chi connectivity index (χ0n) is 6.46. The molecule has 0 aliphatic heterocycles. The van der Waals surface area contributed by atoms with E-state index in [1.54, 1.807) is 0 Å². The third-order valence-corrected chi connectivity index (χ3v) is 1.82. The second-order valence-electron chi connectivity index (χ2n) is 2.89. The molecule has 1 aliphatic rings. The Bertz CT molecular complexity index is 330. The lowest BCUT2D eigenvalue weighted by Crippen LogP contribution is -2.02. The van der Waals surface area contributed by atoms with E-state index in [1.165, 1.54) is 0 Å². The van der Waals surface area contributed by atoms with Gasteiger partial charge in [0.2, 0.25) is 0 Å². The Morgan fingerprint density at radius 2 is 2.42 bits per heavy atom. The fourth-order valence-corrected chi connectivity index (χ4v) is 0.994. The van der Waals surface area contributed by atoms with E-state index in [0.29, 0.717) is 23.2 Å². The van der Waals surface area contributed by atoms with Crippen LogP contribution in [0.15, 0.2) is 0 Å². The van der Waals surface area contributed by atoms with Gasteiger partial charge in [0.05, 0.1) is 0 Å². The number of hydrogen-bond acceptors (Lipinski definition) is 4. The number of nitrogens with two attached hydrogens (primary N) is 1. The Balaban J connectivity index is 2.24. The highest BCUT2D eigenvalue weighted by molar-refractivity contribution is 5.63. The first-order valence-corrected chi connectivity index (χ1v) is 3.81. The average Bonchev–Trinajstić information content (AvgIpc) is 2.78. The van der Waals surface area contributed by atoms with E-state index < -0.39 is 0 Å². The number of nitrogen functional groups attached to an aromatic ring is 1. The number of aromatic amines is 1. The van der Waals surface area contributed by atoms with Crippen molar-refractivity contribution in [2.45, 2.75) is 18.9 Å². The second kappa shape index (κ2) is 2.41. The summed E-state index contributed by atoms with van der Waals surface area (Å²) in [6.45, 7) is 0. The fourth-order valence-electron chi connectivity index (χ4n) is 0.994. The van der Waals surface area contributed by atoms with Crippen LogP contribution in [0, 0.1) is 11.3 Å². The molecule has 0 spiro atoms. The summed E-state index contributed by atoms with van der Waals surface area (Å²) in [5.41, 5.74) is 5.89. The number of nitrogens with zero attached hydrogens (tertiary/aromatic N) is 2. The summed E-state index contributed by atoms with van der Waals surface area (Å²) in [5.74, 6) is 0.915. The van der Waals surface area contributed by atoms with Crippen molar-refractivity contribution in [3.63, 3.8) is 0 Å². The molecule has 0 amide bonds. The van der Waals surface area contributed by atoms with Crippen molar-refractivity contribution in [2.75, 3.05) is 11.1 Å². The third kappa shape index (κ3) is 1.07. The first-order valence-electron chi connectivity index (χ1n) is 3.81. The molecule has 0 bridgehead atoms. The lowest BCUT2D eigenvalue weighted by atomic mass is 10.3. The fraction of sp³-hybridized carbons (Fsp3) is 0.429. The largest absolute Gasteiger partial charge is 0.383 e. The number of H-pyrrole nitrogens is 1. The molecule has 1 aliphatic carbocycles. The van der Waals surface area contributed by atoms with Gasteiger partial charge in [-0.15, -0.1) is 0 Å². The zero-order chi connectivity index (χ0) is 8.55. The van der Waals surface area contributed by atoms with Gasteiger partial charge in [-0.3, -0.25) is 5.10 Å². The molecule has 1 heterocycles. The van der Waals surface area contributed by atoms with Crippen LogP contribution in [0.5, 0.6) is 0 Å². The summed E-state index contributed by atoms with van der Waals surface area (Å²) >= 11 is 0. The van der Waals surface area contributed by atoms with Crippen molar-refractivity contribution in [2.24, 2.45) is 0 Å². The maximum absolute atomic E-state index is 8.69. The molecule has 5 heteroatoms. The Morgan fingerprint density at radius 1 is 1.67 bits per heavy atom. The molecule has 0 unspecified atom stereocenters. The zero-order valence-corrected chi connectivity index (χ0v) is 6.46. The molecule has 1 aromatic heterocycles. The Morgan fingerprint density at radius 3 is 3.00 bits per heavy atom. The van der Waals surface area contributed by atoms with E-state index in [-0.39, 0.29) is 0 Å². The summed E-state index contributed by atoms with van der Waals surface area (Å²) in [7, 11) is 0. The molecule has 0 radical (unpaired) electrons. The van der Waals surface area contributed by atoms with Crippen LogP contribution in [0.2, 0.25) is 0 Å². The SMILES string of the molecule is N#Cc1c(NC2CC2)n[nH]c1N. The van der Waals surface area contributed by atoms with Crippen LogP contribution in [0.1, 0.15) is 18.4 Å². The van der Waals surface area contributed by atoms with Gasteiger partial charge in [-0.05, 0) is 12.8 Å². The predicted octanol–water partition coefficient (Wildman–Crippen LogP) is 0.438. The van der Waals surface area contributed by atoms with Gasteiger partial charge in [-0.2, -0.15) is 10.4 Å². The average molecular weight is 163 g/mol. The highest BCUT2D eigenvalue weighted by atomic mass is 15.2. The molecule has 5 nitrogen and oxygen atoms in total. The highest BCUT2D eigenvalue weighted by Gasteiger charge is 2.23. The minimum atomic E-state index is 0.334. The third-order valence-electron chi connectivity index (χ3n) is 1.82. The summed E-state index contributed by atoms with van der Waals surface area (Å²) in [6.07, 6.45) is 2.30. The van der Waals surface area contributed by atoms with E-state index in [9.17, 15) is 0 Å². The molecule has 1 saturated carbocycles. The lowest BCUT2D eigenvalue weighted by Gasteiger charge is -1.97. The minimum absolute atomic E-state index is 0.334. The molecular formula is C7H9N5. The normalized spacial score (nSPS) is 15.6. The summed E-state index contributed by atoms with van der Waals surface area (Å²) in [5, 5.41) is 18.2. The van der Waals surface area contributed by atoms with Crippen molar-refractivity contribution < 1.29 is 0 Å². The van der Waals surface area contributed by atoms with Crippen LogP contribution in [0.4, 0.5) is 11.6 Å². The standard InChI is InChI=1S/C7H9N5/c8-3-5-6(9)11-12-7(5)10-4-1-2-4/h4H,1-2H2,(H4,9,10,11,12). The van der Waals surface area contributed by atoms with Crippen LogP contribution in [0.25, 0.3) is 0 Å². The molecule has 1 aromatic rings. The van der Waals surface area contributed by atoms with Gasteiger partial charge in [0.15, 0.2) is 5.82 Å². The minimum Gasteiger partial charge on any atom is -0.383 e. The molecule has 62 valence electrons. The van der Waals surface area contributed by atoms with Crippen molar-refractivity contribution in [3.8, 4) is 6.07 Å². The van der Waals surface area contributed by atoms with Gasteiger partial charge in [-0.25, -0.2) is 0 Å². The van der Waals surface area contributed by atoms with E-state index in [2.05, 4.69) is 15.5 Å². The quantitative estimate of drug-likeness (QED) is 0.590. The molecule has 1 fully saturated rings. The van der Waals surface area contributed by atoms with Gasteiger partial charge in [0.25, 0.3) is 0 Å². The lowest BCUT2D eigenvalue weighted by molar-refractivity contribution is 1.05. The second-order valence-corrected chi connectivity index (χ2v) is 2.89. The van der Waals surface area contributed by atoms with Crippen LogP contribution in [-0.2, 0) is 0 Å². The maximum atomic E-state index is 8.69. The molecule has 12 heavy (non-hydrogen) atoms. The van der Waals surface area contributed by atoms with Gasteiger partial charge in [0.1, 0.15) is 17.5 Å². The Hall–Kier alpha value is -1.70. The van der Waals surface area contributed by atoms with Crippen LogP contribution in [-0.4, -0.2) is 16.2 Å². The van der Waals surface area contributed by atoms with Crippen molar-refractivity contribution >= 4 is 11.6 Å². The number of aromatic nitrogens is 2. The summed E-state index contributed by atoms with van der Waals surface area (Å²) < 4.78 is 0. The Labute approximate surface area is 69.6 Å². The van der Waals surface area contributed by atoms with Crippen molar-refractivity contribution in [3.05, 3.63) is 5.56 Å². The molecule has 4 N–H and O–H groups in total. The Kier molecular flexibility index (Phi) is 1.40. The van der Waals surface area contributed by atoms with Gasteiger partial charge in [0, 0.05) is 6.04 Å². The number of nitrogens with one attached hydrogen (secondary N) is 2. The van der Waals surface area contributed by atoms with Crippen molar-refractivity contribution in [1.82, 2.24) is 10.2 Å². The molecule has 0 aromatic carbocycles. The monoisotopic (exact) mass is 163 g/mol. The molecule has 0 atom stereocenters. The first-order chi connectivity index (χ1) is 5.81. The summed E-state index contributed by atoms with van der Waals surface area (Å²) in [4.78, 5) is 0. The van der Waals surface area contributed by atoms with Crippen LogP contribution in [0.3, 0.4) is 0 Å². The molecule has 0 saturated heterocycles. The first kappa shape index (κ1) is 6.98. The molecule has 2 rings (SSSR count). The van der Waals surface area contributed by atoms with Crippen molar-refractivity contribution in [1.29, 1.82) is 5.26 Å². The maximum Gasteiger partial charge on any atom is 0.168 e. The topological polar surface area (TPSA) is 90.5 Å². The number of nitriles is 1. The number of hydrogen-bond donors (Lipinski definition) is 3. The van der Waals surface area contributed by atoms with E-state index in [0.717, 1.165) is 12.8 Å². The number of anilines is 2.